The fourth-order valence-electron chi connectivity index (χ4n) is 2.51. The number of fused-ring (bicyclic) bond motifs is 1. The van der Waals surface area contributed by atoms with Gasteiger partial charge in [0.2, 0.25) is 0 Å². The van der Waals surface area contributed by atoms with Crippen molar-refractivity contribution in [2.75, 3.05) is 0 Å². The van der Waals surface area contributed by atoms with Gasteiger partial charge in [-0.2, -0.15) is 0 Å². The minimum absolute atomic E-state index is 0.140. The van der Waals surface area contributed by atoms with E-state index in [4.69, 9.17) is 5.11 Å². The largest absolute Gasteiger partial charge is 0.481 e. The lowest BCUT2D eigenvalue weighted by atomic mass is 10.0. The summed E-state index contributed by atoms with van der Waals surface area (Å²) in [5, 5.41) is 8.78. The summed E-state index contributed by atoms with van der Waals surface area (Å²) in [6.45, 7) is 0. The van der Waals surface area contributed by atoms with Crippen LogP contribution in [0.15, 0.2) is 30.5 Å². The lowest BCUT2D eigenvalue weighted by Gasteiger charge is -2.05. The van der Waals surface area contributed by atoms with E-state index in [1.165, 1.54) is 17.5 Å². The number of carbonyl (C=O) groups is 1. The van der Waals surface area contributed by atoms with Crippen LogP contribution in [0.3, 0.4) is 0 Å². The highest BCUT2D eigenvalue weighted by Gasteiger charge is 2.12. The van der Waals surface area contributed by atoms with Crippen molar-refractivity contribution in [1.82, 2.24) is 9.97 Å². The molecule has 1 heterocycles. The van der Waals surface area contributed by atoms with E-state index in [-0.39, 0.29) is 6.42 Å². The Morgan fingerprint density at radius 3 is 2.89 bits per heavy atom. The van der Waals surface area contributed by atoms with Crippen LogP contribution in [0.2, 0.25) is 0 Å². The molecule has 1 aliphatic rings. The molecule has 4 heteroatoms. The number of carboxylic acids is 1. The van der Waals surface area contributed by atoms with E-state index in [1.807, 2.05) is 6.07 Å². The highest BCUT2D eigenvalue weighted by molar-refractivity contribution is 5.69. The minimum atomic E-state index is -0.911. The molecular formula is C15H14N2O2. The number of rotatable bonds is 3. The molecule has 3 rings (SSSR count). The number of hydrogen-bond donors (Lipinski definition) is 1. The molecule has 0 saturated carbocycles. The summed E-state index contributed by atoms with van der Waals surface area (Å²) in [7, 11) is 0. The molecule has 0 bridgehead atoms. The summed E-state index contributed by atoms with van der Waals surface area (Å²) in [4.78, 5) is 19.0. The standard InChI is InChI=1S/C15H14N2O2/c18-15(19)9-14-16-7-6-13(17-14)12-5-4-10-2-1-3-11(10)8-12/h4-8H,1-3,9H2,(H,18,19). The third kappa shape index (κ3) is 2.47. The van der Waals surface area contributed by atoms with E-state index >= 15 is 0 Å². The summed E-state index contributed by atoms with van der Waals surface area (Å²) in [5.41, 5.74) is 4.63. The van der Waals surface area contributed by atoms with E-state index in [0.717, 1.165) is 24.1 Å². The molecule has 0 radical (unpaired) electrons. The molecule has 0 amide bonds. The van der Waals surface area contributed by atoms with Gasteiger partial charge in [0, 0.05) is 11.8 Å². The maximum atomic E-state index is 10.7. The van der Waals surface area contributed by atoms with E-state index in [2.05, 4.69) is 28.2 Å². The predicted octanol–water partition coefficient (Wildman–Crippen LogP) is 2.26. The average Bonchev–Trinajstić information content (AvgIpc) is 2.85. The minimum Gasteiger partial charge on any atom is -0.481 e. The van der Waals surface area contributed by atoms with E-state index < -0.39 is 5.97 Å². The molecule has 0 spiro atoms. The second-order valence-corrected chi connectivity index (χ2v) is 4.77. The Kier molecular flexibility index (Phi) is 2.99. The van der Waals surface area contributed by atoms with Crippen LogP contribution in [0.5, 0.6) is 0 Å². The highest BCUT2D eigenvalue weighted by atomic mass is 16.4. The third-order valence-corrected chi connectivity index (χ3v) is 3.41. The monoisotopic (exact) mass is 254 g/mol. The van der Waals surface area contributed by atoms with Crippen molar-refractivity contribution in [1.29, 1.82) is 0 Å². The Labute approximate surface area is 111 Å². The zero-order valence-electron chi connectivity index (χ0n) is 10.5. The first-order valence-electron chi connectivity index (χ1n) is 6.38. The Balaban J connectivity index is 1.95. The molecule has 96 valence electrons. The van der Waals surface area contributed by atoms with Gasteiger partial charge in [-0.3, -0.25) is 4.79 Å². The van der Waals surface area contributed by atoms with Gasteiger partial charge in [0.1, 0.15) is 12.2 Å². The molecule has 0 saturated heterocycles. The summed E-state index contributed by atoms with van der Waals surface area (Å²) >= 11 is 0. The van der Waals surface area contributed by atoms with Crippen molar-refractivity contribution in [2.45, 2.75) is 25.7 Å². The van der Waals surface area contributed by atoms with Gasteiger partial charge in [-0.05, 0) is 42.5 Å². The molecule has 0 unspecified atom stereocenters. The molecule has 0 atom stereocenters. The maximum absolute atomic E-state index is 10.7. The molecule has 2 aromatic rings. The summed E-state index contributed by atoms with van der Waals surface area (Å²) < 4.78 is 0. The van der Waals surface area contributed by atoms with Gasteiger partial charge in [-0.15, -0.1) is 0 Å². The first-order chi connectivity index (χ1) is 9.22. The van der Waals surface area contributed by atoms with Crippen LogP contribution in [-0.4, -0.2) is 21.0 Å². The maximum Gasteiger partial charge on any atom is 0.311 e. The quantitative estimate of drug-likeness (QED) is 0.912. The van der Waals surface area contributed by atoms with Crippen LogP contribution < -0.4 is 0 Å². The van der Waals surface area contributed by atoms with Gasteiger partial charge in [-0.1, -0.05) is 12.1 Å². The Morgan fingerprint density at radius 1 is 1.21 bits per heavy atom. The molecule has 0 aliphatic heterocycles. The normalized spacial score (nSPS) is 13.3. The number of nitrogens with zero attached hydrogens (tertiary/aromatic N) is 2. The number of hydrogen-bond acceptors (Lipinski definition) is 3. The molecule has 0 fully saturated rings. The van der Waals surface area contributed by atoms with Gasteiger partial charge in [-0.25, -0.2) is 9.97 Å². The van der Waals surface area contributed by atoms with E-state index in [1.54, 1.807) is 6.20 Å². The zero-order chi connectivity index (χ0) is 13.2. The van der Waals surface area contributed by atoms with Crippen LogP contribution in [0.4, 0.5) is 0 Å². The number of aromatic nitrogens is 2. The van der Waals surface area contributed by atoms with Crippen molar-refractivity contribution in [3.8, 4) is 11.3 Å². The molecule has 4 nitrogen and oxygen atoms in total. The Bertz CT molecular complexity index is 638. The Hall–Kier alpha value is -2.23. The van der Waals surface area contributed by atoms with Crippen LogP contribution in [-0.2, 0) is 24.1 Å². The zero-order valence-corrected chi connectivity index (χ0v) is 10.5. The number of benzene rings is 1. The fourth-order valence-corrected chi connectivity index (χ4v) is 2.51. The van der Waals surface area contributed by atoms with Gasteiger partial charge >= 0.3 is 5.97 Å². The van der Waals surface area contributed by atoms with Crippen molar-refractivity contribution >= 4 is 5.97 Å². The summed E-state index contributed by atoms with van der Waals surface area (Å²) in [6, 6.07) is 8.19. The van der Waals surface area contributed by atoms with Crippen molar-refractivity contribution in [2.24, 2.45) is 0 Å². The topological polar surface area (TPSA) is 63.1 Å². The third-order valence-electron chi connectivity index (χ3n) is 3.41. The number of carboxylic acid groups (broad SMARTS) is 1. The summed E-state index contributed by atoms with van der Waals surface area (Å²) in [5.74, 6) is -0.559. The first kappa shape index (κ1) is 11.8. The van der Waals surface area contributed by atoms with Gasteiger partial charge in [0.05, 0.1) is 5.69 Å². The van der Waals surface area contributed by atoms with Crippen molar-refractivity contribution in [3.63, 3.8) is 0 Å². The van der Waals surface area contributed by atoms with Gasteiger partial charge in [0.15, 0.2) is 0 Å². The lowest BCUT2D eigenvalue weighted by molar-refractivity contribution is -0.136. The van der Waals surface area contributed by atoms with Gasteiger partial charge < -0.3 is 5.11 Å². The highest BCUT2D eigenvalue weighted by Crippen LogP contribution is 2.27. The second-order valence-electron chi connectivity index (χ2n) is 4.77. The van der Waals surface area contributed by atoms with E-state index in [9.17, 15) is 4.79 Å². The SMILES string of the molecule is O=C(O)Cc1nccc(-c2ccc3c(c2)CCC3)n1. The summed E-state index contributed by atoms with van der Waals surface area (Å²) in [6.07, 6.45) is 4.97. The fraction of sp³-hybridized carbons (Fsp3) is 0.267. The molecule has 1 aromatic heterocycles. The van der Waals surface area contributed by atoms with E-state index in [0.29, 0.717) is 5.82 Å². The van der Waals surface area contributed by atoms with Crippen LogP contribution in [0.1, 0.15) is 23.4 Å². The van der Waals surface area contributed by atoms with Crippen LogP contribution in [0.25, 0.3) is 11.3 Å². The van der Waals surface area contributed by atoms with Crippen LogP contribution >= 0.6 is 0 Å². The first-order valence-corrected chi connectivity index (χ1v) is 6.38. The average molecular weight is 254 g/mol. The van der Waals surface area contributed by atoms with Gasteiger partial charge in [0.25, 0.3) is 0 Å². The lowest BCUT2D eigenvalue weighted by Crippen LogP contribution is -2.05. The van der Waals surface area contributed by atoms with Crippen LogP contribution in [0, 0.1) is 0 Å². The molecule has 19 heavy (non-hydrogen) atoms. The molecular weight excluding hydrogens is 240 g/mol. The molecule has 1 aromatic carbocycles. The number of aryl methyl sites for hydroxylation is 2. The molecule has 1 aliphatic carbocycles. The Morgan fingerprint density at radius 2 is 2.05 bits per heavy atom. The number of aliphatic carboxylic acids is 1. The predicted molar refractivity (Wildman–Crippen MR) is 70.8 cm³/mol. The van der Waals surface area contributed by atoms with Crippen molar-refractivity contribution < 1.29 is 9.90 Å². The molecule has 1 N–H and O–H groups in total. The smallest absolute Gasteiger partial charge is 0.311 e. The van der Waals surface area contributed by atoms with Crippen molar-refractivity contribution in [3.05, 3.63) is 47.4 Å². The second kappa shape index (κ2) is 4.80.